The lowest BCUT2D eigenvalue weighted by Crippen LogP contribution is -2.23. The smallest absolute Gasteiger partial charge is 0.339 e. The highest BCUT2D eigenvalue weighted by Gasteiger charge is 2.24. The van der Waals surface area contributed by atoms with Gasteiger partial charge in [-0.25, -0.2) is 0 Å². The van der Waals surface area contributed by atoms with Crippen molar-refractivity contribution in [2.75, 3.05) is 5.32 Å². The number of hydrogen-bond donors (Lipinski definition) is 1. The molecule has 34 heavy (non-hydrogen) atoms. The number of nitrogens with one attached hydrogen (secondary N) is 1. The zero-order chi connectivity index (χ0) is 24.1. The summed E-state index contributed by atoms with van der Waals surface area (Å²) in [6.07, 6.45) is -0.0643. The Morgan fingerprint density at radius 1 is 1.12 bits per heavy atom. The fraction of sp³-hybridized carbons (Fsp3) is 0.0909. The van der Waals surface area contributed by atoms with E-state index in [0.717, 1.165) is 4.88 Å². The number of thiophene rings is 1. The van der Waals surface area contributed by atoms with Crippen LogP contribution in [0.3, 0.4) is 0 Å². The fourth-order valence-corrected chi connectivity index (χ4v) is 5.53. The van der Waals surface area contributed by atoms with Gasteiger partial charge in [0.05, 0.1) is 10.9 Å². The van der Waals surface area contributed by atoms with Gasteiger partial charge in [-0.05, 0) is 47.3 Å². The van der Waals surface area contributed by atoms with Gasteiger partial charge in [-0.1, -0.05) is 47.2 Å². The number of hydrogen-bond acceptors (Lipinski definition) is 9. The molecule has 1 unspecified atom stereocenters. The lowest BCUT2D eigenvalue weighted by molar-refractivity contribution is -0.118. The molecule has 0 aliphatic heterocycles. The molecule has 172 valence electrons. The molecule has 2 aromatic carbocycles. The Morgan fingerprint density at radius 2 is 1.88 bits per heavy atom. The summed E-state index contributed by atoms with van der Waals surface area (Å²) in [4.78, 5) is 13.6. The van der Waals surface area contributed by atoms with Crippen LogP contribution in [0.4, 0.5) is 5.13 Å². The molecule has 0 saturated heterocycles. The molecule has 4 aromatic rings. The van der Waals surface area contributed by atoms with Crippen LogP contribution in [-0.4, -0.2) is 24.5 Å². The van der Waals surface area contributed by atoms with E-state index in [1.54, 1.807) is 18.2 Å². The van der Waals surface area contributed by atoms with Crippen molar-refractivity contribution >= 4 is 55.4 Å². The standard InChI is InChI=1S/C22H15ClN4O4S3/c23-16-7-9-17(10-8-16)34(29,30)31-18-5-2-1-4-14(18)12-15(13-24)20(28)25-22-27-26-21(33-22)19-6-3-11-32-19/h1-11,15H,12H2,(H,25,27,28). The lowest BCUT2D eigenvalue weighted by Gasteiger charge is -2.13. The van der Waals surface area contributed by atoms with Crippen LogP contribution in [0.15, 0.2) is 70.9 Å². The van der Waals surface area contributed by atoms with Gasteiger partial charge in [-0.2, -0.15) is 13.7 Å². The molecule has 0 aliphatic rings. The van der Waals surface area contributed by atoms with Crippen LogP contribution in [0.25, 0.3) is 9.88 Å². The number of nitrogens with zero attached hydrogens (tertiary/aromatic N) is 3. The van der Waals surface area contributed by atoms with Gasteiger partial charge in [0, 0.05) is 11.4 Å². The van der Waals surface area contributed by atoms with Crippen LogP contribution in [0.1, 0.15) is 5.56 Å². The zero-order valence-corrected chi connectivity index (χ0v) is 20.4. The predicted octanol–water partition coefficient (Wildman–Crippen LogP) is 5.01. The summed E-state index contributed by atoms with van der Waals surface area (Å²) < 4.78 is 30.7. The Labute approximate surface area is 208 Å². The molecule has 8 nitrogen and oxygen atoms in total. The number of halogens is 1. The van der Waals surface area contributed by atoms with Crippen molar-refractivity contribution in [1.82, 2.24) is 10.2 Å². The van der Waals surface area contributed by atoms with E-state index >= 15 is 0 Å². The van der Waals surface area contributed by atoms with E-state index in [0.29, 0.717) is 15.6 Å². The van der Waals surface area contributed by atoms with Gasteiger partial charge in [0.25, 0.3) is 0 Å². The minimum absolute atomic E-state index is 0.0291. The number of anilines is 1. The third-order valence-electron chi connectivity index (χ3n) is 4.56. The second kappa shape index (κ2) is 10.3. The summed E-state index contributed by atoms with van der Waals surface area (Å²) in [6, 6.07) is 17.6. The Balaban J connectivity index is 1.49. The van der Waals surface area contributed by atoms with Gasteiger partial charge in [-0.15, -0.1) is 21.5 Å². The van der Waals surface area contributed by atoms with E-state index in [-0.39, 0.29) is 22.2 Å². The quantitative estimate of drug-likeness (QED) is 0.318. The van der Waals surface area contributed by atoms with Gasteiger partial charge in [-0.3, -0.25) is 10.1 Å². The third kappa shape index (κ3) is 5.60. The van der Waals surface area contributed by atoms with Gasteiger partial charge >= 0.3 is 10.1 Å². The molecule has 0 saturated carbocycles. The van der Waals surface area contributed by atoms with Crippen LogP contribution in [-0.2, 0) is 21.3 Å². The lowest BCUT2D eigenvalue weighted by atomic mass is 9.99. The first kappa shape index (κ1) is 23.8. The number of nitriles is 1. The molecular formula is C22H15ClN4O4S3. The second-order valence-corrected chi connectivity index (χ2v) is 10.8. The minimum atomic E-state index is -4.14. The van der Waals surface area contributed by atoms with Crippen molar-refractivity contribution in [3.8, 4) is 21.7 Å². The van der Waals surface area contributed by atoms with E-state index < -0.39 is 21.9 Å². The Bertz CT molecular complexity index is 1450. The molecular weight excluding hydrogens is 516 g/mol. The molecule has 1 atom stereocenters. The molecule has 0 bridgehead atoms. The molecule has 1 amide bonds. The maximum absolute atomic E-state index is 12.7. The number of aromatic nitrogens is 2. The highest BCUT2D eigenvalue weighted by molar-refractivity contribution is 7.87. The number of amides is 1. The number of benzene rings is 2. The predicted molar refractivity (Wildman–Crippen MR) is 130 cm³/mol. The average Bonchev–Trinajstić information content (AvgIpc) is 3.50. The maximum Gasteiger partial charge on any atom is 0.339 e. The molecule has 2 heterocycles. The summed E-state index contributed by atoms with van der Waals surface area (Å²) in [6.45, 7) is 0. The summed E-state index contributed by atoms with van der Waals surface area (Å²) in [5.41, 5.74) is 0.387. The molecule has 2 aromatic heterocycles. The van der Waals surface area contributed by atoms with Crippen LogP contribution in [0.2, 0.25) is 5.02 Å². The fourth-order valence-electron chi connectivity index (χ4n) is 2.90. The van der Waals surface area contributed by atoms with Gasteiger partial charge in [0.1, 0.15) is 16.6 Å². The molecule has 0 radical (unpaired) electrons. The van der Waals surface area contributed by atoms with Crippen LogP contribution < -0.4 is 9.50 Å². The SMILES string of the molecule is N#CC(Cc1ccccc1OS(=O)(=O)c1ccc(Cl)cc1)C(=O)Nc1nnc(-c2cccs2)s1. The van der Waals surface area contributed by atoms with E-state index in [1.807, 2.05) is 23.6 Å². The number of carbonyl (C=O) groups excluding carboxylic acids is 1. The van der Waals surface area contributed by atoms with Crippen molar-refractivity contribution < 1.29 is 17.4 Å². The number of para-hydroxylation sites is 1. The van der Waals surface area contributed by atoms with Crippen LogP contribution in [0.5, 0.6) is 5.75 Å². The summed E-state index contributed by atoms with van der Waals surface area (Å²) in [5, 5.41) is 23.5. The van der Waals surface area contributed by atoms with Crippen molar-refractivity contribution in [2.45, 2.75) is 11.3 Å². The van der Waals surface area contributed by atoms with Crippen molar-refractivity contribution in [2.24, 2.45) is 5.92 Å². The average molecular weight is 531 g/mol. The normalized spacial score (nSPS) is 12.0. The van der Waals surface area contributed by atoms with Crippen LogP contribution in [0, 0.1) is 17.2 Å². The van der Waals surface area contributed by atoms with Crippen molar-refractivity contribution in [1.29, 1.82) is 5.26 Å². The van der Waals surface area contributed by atoms with E-state index in [9.17, 15) is 18.5 Å². The first-order valence-corrected chi connectivity index (χ1v) is 13.2. The Kier molecular flexibility index (Phi) is 7.23. The first-order chi connectivity index (χ1) is 16.4. The summed E-state index contributed by atoms with van der Waals surface area (Å²) >= 11 is 8.52. The Morgan fingerprint density at radius 3 is 2.59 bits per heavy atom. The minimum Gasteiger partial charge on any atom is -0.379 e. The maximum atomic E-state index is 12.7. The Hall–Kier alpha value is -3.30. The molecule has 1 N–H and O–H groups in total. The zero-order valence-electron chi connectivity index (χ0n) is 17.2. The molecule has 0 spiro atoms. The van der Waals surface area contributed by atoms with Crippen LogP contribution >= 0.6 is 34.3 Å². The first-order valence-electron chi connectivity index (χ1n) is 9.71. The van der Waals surface area contributed by atoms with E-state index in [1.165, 1.54) is 53.0 Å². The molecule has 4 rings (SSSR count). The topological polar surface area (TPSA) is 122 Å². The van der Waals surface area contributed by atoms with E-state index in [4.69, 9.17) is 15.8 Å². The molecule has 0 aliphatic carbocycles. The molecule has 12 heteroatoms. The van der Waals surface area contributed by atoms with E-state index in [2.05, 4.69) is 15.5 Å². The molecule has 0 fully saturated rings. The third-order valence-corrected chi connectivity index (χ3v) is 7.94. The second-order valence-electron chi connectivity index (χ2n) is 6.86. The number of rotatable bonds is 8. The largest absolute Gasteiger partial charge is 0.379 e. The summed E-state index contributed by atoms with van der Waals surface area (Å²) in [7, 11) is -4.14. The highest BCUT2D eigenvalue weighted by atomic mass is 35.5. The number of carbonyl (C=O) groups is 1. The van der Waals surface area contributed by atoms with Crippen molar-refractivity contribution in [3.63, 3.8) is 0 Å². The van der Waals surface area contributed by atoms with Gasteiger partial charge < -0.3 is 4.18 Å². The monoisotopic (exact) mass is 530 g/mol. The van der Waals surface area contributed by atoms with Crippen molar-refractivity contribution in [3.05, 3.63) is 76.6 Å². The van der Waals surface area contributed by atoms with Gasteiger partial charge in [0.15, 0.2) is 5.01 Å². The summed E-state index contributed by atoms with van der Waals surface area (Å²) in [5.74, 6) is -1.66. The highest BCUT2D eigenvalue weighted by Crippen LogP contribution is 2.30. The van der Waals surface area contributed by atoms with Gasteiger partial charge in [0.2, 0.25) is 11.0 Å².